The first-order chi connectivity index (χ1) is 8.50. The van der Waals surface area contributed by atoms with Gasteiger partial charge in [0.2, 0.25) is 0 Å². The van der Waals surface area contributed by atoms with Crippen molar-refractivity contribution in [3.05, 3.63) is 35.4 Å². The number of nitrogens with zero attached hydrogens (tertiary/aromatic N) is 1. The van der Waals surface area contributed by atoms with E-state index in [0.717, 1.165) is 18.6 Å². The number of likely N-dealkylation sites (tertiary alicyclic amines) is 1. The average molecular weight is 274 g/mol. The quantitative estimate of drug-likeness (QED) is 0.720. The average Bonchev–Trinajstić information content (AvgIpc) is 2.32. The van der Waals surface area contributed by atoms with E-state index in [1.165, 1.54) is 11.0 Å². The van der Waals surface area contributed by atoms with Crippen LogP contribution in [0.1, 0.15) is 23.7 Å². The van der Waals surface area contributed by atoms with E-state index in [2.05, 4.69) is 0 Å². The molecule has 1 aliphatic rings. The Balaban J connectivity index is 2.22. The van der Waals surface area contributed by atoms with Crippen LogP contribution in [0.3, 0.4) is 0 Å². The molecule has 0 saturated carbocycles. The van der Waals surface area contributed by atoms with Gasteiger partial charge in [-0.25, -0.2) is 8.78 Å². The van der Waals surface area contributed by atoms with E-state index in [0.29, 0.717) is 19.0 Å². The van der Waals surface area contributed by atoms with Crippen molar-refractivity contribution in [2.75, 3.05) is 13.1 Å². The third kappa shape index (κ3) is 2.48. The van der Waals surface area contributed by atoms with Gasteiger partial charge in [0.25, 0.3) is 5.91 Å². The van der Waals surface area contributed by atoms with Crippen molar-refractivity contribution in [3.63, 3.8) is 0 Å². The zero-order valence-electron chi connectivity index (χ0n) is 10.00. The predicted molar refractivity (Wildman–Crippen MR) is 65.7 cm³/mol. The molecular weight excluding hydrogens is 260 g/mol. The summed E-state index contributed by atoms with van der Waals surface area (Å²) in [6, 6.07) is 3.41. The lowest BCUT2D eigenvalue weighted by Crippen LogP contribution is -2.44. The van der Waals surface area contributed by atoms with Gasteiger partial charge in [0, 0.05) is 13.1 Å². The van der Waals surface area contributed by atoms with E-state index < -0.39 is 23.1 Å². The molecule has 2 unspecified atom stereocenters. The number of carbonyl (C=O) groups is 1. The summed E-state index contributed by atoms with van der Waals surface area (Å²) in [7, 11) is 0. The van der Waals surface area contributed by atoms with Crippen LogP contribution in [0.25, 0.3) is 0 Å². The van der Waals surface area contributed by atoms with E-state index in [-0.39, 0.29) is 5.38 Å². The van der Waals surface area contributed by atoms with Crippen LogP contribution in [0.5, 0.6) is 0 Å². The molecule has 18 heavy (non-hydrogen) atoms. The Bertz CT molecular complexity index is 446. The van der Waals surface area contributed by atoms with Gasteiger partial charge in [0.05, 0.1) is 5.38 Å². The van der Waals surface area contributed by atoms with E-state index in [1.807, 2.05) is 6.92 Å². The second-order valence-electron chi connectivity index (χ2n) is 4.63. The minimum absolute atomic E-state index is 0.169. The molecule has 1 saturated heterocycles. The van der Waals surface area contributed by atoms with Gasteiger partial charge in [-0.2, -0.15) is 0 Å². The number of halogens is 3. The third-order valence-corrected chi connectivity index (χ3v) is 3.90. The Labute approximate surface area is 110 Å². The highest BCUT2D eigenvalue weighted by molar-refractivity contribution is 6.21. The number of rotatable bonds is 1. The number of piperidine rings is 1. The summed E-state index contributed by atoms with van der Waals surface area (Å²) in [6.07, 6.45) is 0.746. The molecule has 0 radical (unpaired) electrons. The zero-order valence-corrected chi connectivity index (χ0v) is 10.8. The van der Waals surface area contributed by atoms with Crippen molar-refractivity contribution in [1.82, 2.24) is 4.90 Å². The first-order valence-electron chi connectivity index (χ1n) is 5.88. The van der Waals surface area contributed by atoms with Crippen LogP contribution in [0, 0.1) is 17.6 Å². The maximum atomic E-state index is 13.5. The first-order valence-corrected chi connectivity index (χ1v) is 6.31. The molecule has 98 valence electrons. The van der Waals surface area contributed by atoms with Crippen molar-refractivity contribution in [1.29, 1.82) is 0 Å². The van der Waals surface area contributed by atoms with Gasteiger partial charge >= 0.3 is 0 Å². The monoisotopic (exact) mass is 273 g/mol. The molecule has 0 bridgehead atoms. The predicted octanol–water partition coefficient (Wildman–Crippen LogP) is 3.05. The molecule has 0 aliphatic carbocycles. The van der Waals surface area contributed by atoms with Crippen molar-refractivity contribution < 1.29 is 13.6 Å². The maximum absolute atomic E-state index is 13.5. The molecule has 5 heteroatoms. The Morgan fingerprint density at radius 3 is 2.56 bits per heavy atom. The Hall–Kier alpha value is -1.16. The molecule has 1 aliphatic heterocycles. The molecule has 1 fully saturated rings. The number of amides is 1. The molecule has 2 nitrogen and oxygen atoms in total. The van der Waals surface area contributed by atoms with Gasteiger partial charge in [-0.05, 0) is 24.5 Å². The molecule has 0 spiro atoms. The topological polar surface area (TPSA) is 20.3 Å². The second kappa shape index (κ2) is 5.22. The standard InChI is InChI=1S/C13H14ClF2NO/c1-8-5-6-17(7-9(8)14)13(18)12-10(15)3-2-4-11(12)16/h2-4,8-9H,5-7H2,1H3. The first kappa shape index (κ1) is 13.3. The molecule has 0 aromatic heterocycles. The van der Waals surface area contributed by atoms with Gasteiger partial charge in [-0.3, -0.25) is 4.79 Å². The van der Waals surface area contributed by atoms with Gasteiger partial charge < -0.3 is 4.90 Å². The lowest BCUT2D eigenvalue weighted by atomic mass is 9.98. The molecule has 1 amide bonds. The largest absolute Gasteiger partial charge is 0.337 e. The Morgan fingerprint density at radius 1 is 1.39 bits per heavy atom. The summed E-state index contributed by atoms with van der Waals surface area (Å²) in [5.41, 5.74) is -0.490. The smallest absolute Gasteiger partial charge is 0.259 e. The minimum atomic E-state index is -0.829. The van der Waals surface area contributed by atoms with Crippen LogP contribution in [0.2, 0.25) is 0 Å². The van der Waals surface area contributed by atoms with Crippen molar-refractivity contribution in [2.24, 2.45) is 5.92 Å². The SMILES string of the molecule is CC1CCN(C(=O)c2c(F)cccc2F)CC1Cl. The maximum Gasteiger partial charge on any atom is 0.259 e. The molecule has 2 atom stereocenters. The van der Waals surface area contributed by atoms with E-state index in [9.17, 15) is 13.6 Å². The van der Waals surface area contributed by atoms with Gasteiger partial charge in [0.1, 0.15) is 17.2 Å². The number of hydrogen-bond donors (Lipinski definition) is 0. The molecular formula is C13H14ClF2NO. The third-order valence-electron chi connectivity index (χ3n) is 3.33. The van der Waals surface area contributed by atoms with Gasteiger partial charge in [-0.15, -0.1) is 11.6 Å². The van der Waals surface area contributed by atoms with Crippen LogP contribution >= 0.6 is 11.6 Å². The van der Waals surface area contributed by atoms with Crippen LogP contribution in [-0.2, 0) is 0 Å². The Kier molecular flexibility index (Phi) is 3.85. The molecule has 0 N–H and O–H groups in total. The number of carbonyl (C=O) groups excluding carboxylic acids is 1. The summed E-state index contributed by atoms with van der Waals surface area (Å²) < 4.78 is 27.0. The summed E-state index contributed by atoms with van der Waals surface area (Å²) >= 11 is 6.09. The van der Waals surface area contributed by atoms with Crippen LogP contribution in [0.4, 0.5) is 8.78 Å². The highest BCUT2D eigenvalue weighted by atomic mass is 35.5. The van der Waals surface area contributed by atoms with E-state index in [1.54, 1.807) is 0 Å². The highest BCUT2D eigenvalue weighted by Gasteiger charge is 2.30. The summed E-state index contributed by atoms with van der Waals surface area (Å²) in [5, 5.41) is -0.169. The van der Waals surface area contributed by atoms with Crippen molar-refractivity contribution >= 4 is 17.5 Å². The molecule has 1 aromatic rings. The van der Waals surface area contributed by atoms with E-state index >= 15 is 0 Å². The van der Waals surface area contributed by atoms with Gasteiger partial charge in [0.15, 0.2) is 0 Å². The minimum Gasteiger partial charge on any atom is -0.337 e. The number of hydrogen-bond acceptors (Lipinski definition) is 1. The number of benzene rings is 1. The fourth-order valence-corrected chi connectivity index (χ4v) is 2.36. The van der Waals surface area contributed by atoms with Crippen LogP contribution in [-0.4, -0.2) is 29.3 Å². The summed E-state index contributed by atoms with van der Waals surface area (Å²) in [5.74, 6) is -1.97. The molecule has 1 heterocycles. The molecule has 1 aromatic carbocycles. The normalized spacial score (nSPS) is 24.1. The number of alkyl halides is 1. The summed E-state index contributed by atoms with van der Waals surface area (Å²) in [6.45, 7) is 2.81. The van der Waals surface area contributed by atoms with Crippen molar-refractivity contribution in [3.8, 4) is 0 Å². The fourth-order valence-electron chi connectivity index (χ4n) is 2.07. The van der Waals surface area contributed by atoms with Gasteiger partial charge in [-0.1, -0.05) is 13.0 Å². The van der Waals surface area contributed by atoms with E-state index in [4.69, 9.17) is 11.6 Å². The lowest BCUT2D eigenvalue weighted by Gasteiger charge is -2.34. The Morgan fingerprint density at radius 2 is 2.00 bits per heavy atom. The second-order valence-corrected chi connectivity index (χ2v) is 5.19. The van der Waals surface area contributed by atoms with Crippen LogP contribution in [0.15, 0.2) is 18.2 Å². The highest BCUT2D eigenvalue weighted by Crippen LogP contribution is 2.24. The van der Waals surface area contributed by atoms with Crippen LogP contribution < -0.4 is 0 Å². The summed E-state index contributed by atoms with van der Waals surface area (Å²) in [4.78, 5) is 13.5. The molecule has 2 rings (SSSR count). The lowest BCUT2D eigenvalue weighted by molar-refractivity contribution is 0.0691. The fraction of sp³-hybridized carbons (Fsp3) is 0.462. The van der Waals surface area contributed by atoms with Crippen molar-refractivity contribution in [2.45, 2.75) is 18.7 Å². The zero-order chi connectivity index (χ0) is 13.3.